The zero-order chi connectivity index (χ0) is 27.7. The van der Waals surface area contributed by atoms with Crippen molar-refractivity contribution in [1.82, 2.24) is 10.6 Å². The number of aliphatic imine (C=N–C) groups is 2. The van der Waals surface area contributed by atoms with Gasteiger partial charge in [-0.2, -0.15) is 13.2 Å². The molecule has 0 saturated heterocycles. The summed E-state index contributed by atoms with van der Waals surface area (Å²) in [6.07, 6.45) is -2.20. The van der Waals surface area contributed by atoms with Gasteiger partial charge in [-0.1, -0.05) is 17.7 Å². The number of carbonyl (C=O) groups is 2. The number of hydrogen-bond acceptors (Lipinski definition) is 5. The molecule has 2 amide bonds. The second-order valence-corrected chi connectivity index (χ2v) is 10.4. The van der Waals surface area contributed by atoms with Gasteiger partial charge in [-0.3, -0.25) is 14.6 Å². The molecule has 1 atom stereocenters. The molecular weight excluding hydrogens is 521 g/mol. The van der Waals surface area contributed by atoms with Crippen molar-refractivity contribution in [2.45, 2.75) is 52.4 Å². The van der Waals surface area contributed by atoms with Gasteiger partial charge in [-0.05, 0) is 81.5 Å². The normalized spacial score (nSPS) is 17.1. The van der Waals surface area contributed by atoms with Crippen molar-refractivity contribution in [2.24, 2.45) is 21.3 Å². The Kier molecular flexibility index (Phi) is 7.83. The summed E-state index contributed by atoms with van der Waals surface area (Å²) in [6.45, 7) is 3.36. The van der Waals surface area contributed by atoms with Crippen LogP contribution in [0, 0.1) is 11.3 Å². The summed E-state index contributed by atoms with van der Waals surface area (Å²) in [5.41, 5.74) is -1.07. The van der Waals surface area contributed by atoms with Crippen molar-refractivity contribution in [3.8, 4) is 5.75 Å². The van der Waals surface area contributed by atoms with E-state index in [0.29, 0.717) is 28.4 Å². The minimum Gasteiger partial charge on any atom is -0.490 e. The van der Waals surface area contributed by atoms with Gasteiger partial charge in [0, 0.05) is 17.7 Å². The lowest BCUT2D eigenvalue weighted by atomic mass is 9.91. The monoisotopic (exact) mass is 548 g/mol. The maximum atomic E-state index is 13.2. The van der Waals surface area contributed by atoms with Crippen molar-refractivity contribution in [2.75, 3.05) is 6.54 Å². The maximum Gasteiger partial charge on any atom is 0.402 e. The molecule has 1 heterocycles. The lowest BCUT2D eigenvalue weighted by Crippen LogP contribution is -2.46. The van der Waals surface area contributed by atoms with E-state index >= 15 is 0 Å². The van der Waals surface area contributed by atoms with E-state index in [1.165, 1.54) is 18.9 Å². The van der Waals surface area contributed by atoms with Crippen LogP contribution in [0.15, 0.2) is 52.4 Å². The van der Waals surface area contributed by atoms with Crippen molar-refractivity contribution < 1.29 is 27.5 Å². The quantitative estimate of drug-likeness (QED) is 0.484. The molecule has 0 aromatic heterocycles. The average Bonchev–Trinajstić information content (AvgIpc) is 3.71. The first kappa shape index (κ1) is 27.6. The summed E-state index contributed by atoms with van der Waals surface area (Å²) in [5.74, 6) is 0.209. The van der Waals surface area contributed by atoms with Crippen molar-refractivity contribution in [3.63, 3.8) is 0 Å². The molecule has 1 fully saturated rings. The van der Waals surface area contributed by atoms with E-state index in [4.69, 9.17) is 16.3 Å². The van der Waals surface area contributed by atoms with E-state index in [-0.39, 0.29) is 30.1 Å². The van der Waals surface area contributed by atoms with Crippen LogP contribution in [0.3, 0.4) is 0 Å². The Morgan fingerprint density at radius 1 is 1.18 bits per heavy atom. The van der Waals surface area contributed by atoms with Crippen LogP contribution < -0.4 is 15.4 Å². The molecular formula is C27H28ClF3N4O3. The zero-order valence-corrected chi connectivity index (χ0v) is 21.9. The third kappa shape index (κ3) is 6.35. The maximum absolute atomic E-state index is 13.2. The Balaban J connectivity index is 1.54. The van der Waals surface area contributed by atoms with E-state index in [2.05, 4.69) is 27.5 Å². The first-order valence-electron chi connectivity index (χ1n) is 12.2. The van der Waals surface area contributed by atoms with Crippen LogP contribution in [0.2, 0.25) is 5.02 Å². The Hall–Kier alpha value is -3.40. The first-order valence-corrected chi connectivity index (χ1v) is 12.6. The van der Waals surface area contributed by atoms with E-state index in [1.807, 2.05) is 12.1 Å². The van der Waals surface area contributed by atoms with Gasteiger partial charge in [0.2, 0.25) is 11.8 Å². The third-order valence-electron chi connectivity index (χ3n) is 6.58. The van der Waals surface area contributed by atoms with Crippen LogP contribution in [0.4, 0.5) is 13.2 Å². The molecule has 2 N–H and O–H groups in total. The van der Waals surface area contributed by atoms with Crippen LogP contribution in [0.25, 0.3) is 0 Å². The molecule has 2 aliphatic rings. The number of amides is 2. The van der Waals surface area contributed by atoms with E-state index in [9.17, 15) is 22.8 Å². The number of carbonyl (C=O) groups excluding carboxylic acids is 2. The molecule has 1 aliphatic carbocycles. The smallest absolute Gasteiger partial charge is 0.402 e. The lowest BCUT2D eigenvalue weighted by Gasteiger charge is -2.26. The molecule has 0 spiro atoms. The molecule has 202 valence electrons. The number of halogens is 4. The SMILES string of the molecule is CC(Oc1ccc(C2=NCC(=O)NC(c3cc(CNC(=O)C(C)(C)C(F)(F)F)ccc3Cl)=N2)cc1)C1CC1. The number of benzene rings is 2. The van der Waals surface area contributed by atoms with Gasteiger partial charge in [0.15, 0.2) is 5.84 Å². The fraction of sp³-hybridized carbons (Fsp3) is 0.407. The summed E-state index contributed by atoms with van der Waals surface area (Å²) in [5, 5.41) is 5.25. The topological polar surface area (TPSA) is 92.1 Å². The summed E-state index contributed by atoms with van der Waals surface area (Å²) in [7, 11) is 0. The van der Waals surface area contributed by atoms with Gasteiger partial charge < -0.3 is 15.4 Å². The molecule has 2 aromatic rings. The van der Waals surface area contributed by atoms with Crippen molar-refractivity contribution in [3.05, 3.63) is 64.2 Å². The van der Waals surface area contributed by atoms with Gasteiger partial charge in [-0.15, -0.1) is 0 Å². The molecule has 0 bridgehead atoms. The second-order valence-electron chi connectivity index (χ2n) is 9.95. The Morgan fingerprint density at radius 2 is 1.87 bits per heavy atom. The van der Waals surface area contributed by atoms with Crippen LogP contribution >= 0.6 is 11.6 Å². The number of rotatable bonds is 8. The van der Waals surface area contributed by atoms with Crippen LogP contribution in [0.1, 0.15) is 50.3 Å². The summed E-state index contributed by atoms with van der Waals surface area (Å²) < 4.78 is 45.5. The molecule has 0 radical (unpaired) electrons. The van der Waals surface area contributed by atoms with Gasteiger partial charge in [0.25, 0.3) is 0 Å². The largest absolute Gasteiger partial charge is 0.490 e. The highest BCUT2D eigenvalue weighted by Crippen LogP contribution is 2.37. The number of amidine groups is 2. The van der Waals surface area contributed by atoms with Crippen LogP contribution in [-0.4, -0.2) is 42.3 Å². The van der Waals surface area contributed by atoms with E-state index < -0.39 is 23.4 Å². The molecule has 1 unspecified atom stereocenters. The Bertz CT molecular complexity index is 1290. The fourth-order valence-electron chi connectivity index (χ4n) is 3.73. The van der Waals surface area contributed by atoms with Gasteiger partial charge in [-0.25, -0.2) is 4.99 Å². The predicted molar refractivity (Wildman–Crippen MR) is 138 cm³/mol. The highest BCUT2D eigenvalue weighted by molar-refractivity contribution is 6.35. The fourth-order valence-corrected chi connectivity index (χ4v) is 3.93. The first-order chi connectivity index (χ1) is 17.8. The zero-order valence-electron chi connectivity index (χ0n) is 21.2. The molecule has 1 saturated carbocycles. The average molecular weight is 549 g/mol. The number of alkyl halides is 3. The van der Waals surface area contributed by atoms with Crippen molar-refractivity contribution >= 4 is 35.1 Å². The van der Waals surface area contributed by atoms with Crippen LogP contribution in [0.5, 0.6) is 5.75 Å². The van der Waals surface area contributed by atoms with Gasteiger partial charge >= 0.3 is 6.18 Å². The second kappa shape index (κ2) is 10.8. The summed E-state index contributed by atoms with van der Waals surface area (Å²) >= 11 is 6.39. The molecule has 7 nitrogen and oxygen atoms in total. The minimum atomic E-state index is -4.70. The Labute approximate surface area is 223 Å². The molecule has 11 heteroatoms. The number of hydrogen-bond donors (Lipinski definition) is 2. The highest BCUT2D eigenvalue weighted by Gasteiger charge is 2.52. The highest BCUT2D eigenvalue weighted by atomic mass is 35.5. The molecule has 1 aliphatic heterocycles. The predicted octanol–water partition coefficient (Wildman–Crippen LogP) is 5.05. The summed E-state index contributed by atoms with van der Waals surface area (Å²) in [4.78, 5) is 33.4. The third-order valence-corrected chi connectivity index (χ3v) is 6.91. The molecule has 4 rings (SSSR count). The summed E-state index contributed by atoms with van der Waals surface area (Å²) in [6, 6.07) is 11.9. The van der Waals surface area contributed by atoms with Gasteiger partial charge in [0.05, 0.1) is 11.1 Å². The number of nitrogens with one attached hydrogen (secondary N) is 2. The lowest BCUT2D eigenvalue weighted by molar-refractivity contribution is -0.211. The number of ether oxygens (including phenoxy) is 1. The standard InChI is InChI=1S/C27H28ClF3N4O3/c1-15(17-5-6-17)38-19-9-7-18(8-10-19)23-32-14-22(36)34-24(35-23)20-12-16(4-11-21(20)28)13-33-25(37)26(2,3)27(29,30)31/h4,7-12,15,17H,5-6,13-14H2,1-3H3,(H,33,37)(H,32,34,35,36). The van der Waals surface area contributed by atoms with Crippen LogP contribution in [-0.2, 0) is 16.1 Å². The van der Waals surface area contributed by atoms with Crippen molar-refractivity contribution in [1.29, 1.82) is 0 Å². The molecule has 38 heavy (non-hydrogen) atoms. The van der Waals surface area contributed by atoms with E-state index in [1.54, 1.807) is 24.3 Å². The number of nitrogens with zero attached hydrogens (tertiary/aromatic N) is 2. The Morgan fingerprint density at radius 3 is 2.50 bits per heavy atom. The van der Waals surface area contributed by atoms with Gasteiger partial charge in [0.1, 0.15) is 23.5 Å². The van der Waals surface area contributed by atoms with E-state index in [0.717, 1.165) is 19.6 Å². The molecule has 2 aromatic carbocycles. The minimum absolute atomic E-state index is 0.140.